The van der Waals surface area contributed by atoms with Gasteiger partial charge in [-0.25, -0.2) is 9.18 Å². The number of hydrogen-bond acceptors (Lipinski definition) is 3. The van der Waals surface area contributed by atoms with Crippen LogP contribution in [-0.4, -0.2) is 24.7 Å². The Kier molecular flexibility index (Phi) is 3.26. The van der Waals surface area contributed by atoms with Gasteiger partial charge in [-0.05, 0) is 33.7 Å². The van der Waals surface area contributed by atoms with Gasteiger partial charge < -0.3 is 10.1 Å². The normalized spacial score (nSPS) is 18.3. The van der Waals surface area contributed by atoms with Gasteiger partial charge in [-0.1, -0.05) is 0 Å². The molecule has 0 aromatic carbocycles. The number of nitrogens with one attached hydrogen (secondary N) is 1. The number of rotatable bonds is 1. The largest absolute Gasteiger partial charge is 0.457 e. The van der Waals surface area contributed by atoms with E-state index < -0.39 is 17.4 Å². The first-order valence-corrected chi connectivity index (χ1v) is 4.72. The Morgan fingerprint density at radius 1 is 1.50 bits per heavy atom. The molecule has 0 aromatic rings. The summed E-state index contributed by atoms with van der Waals surface area (Å²) in [6.45, 7) is 6.07. The minimum Gasteiger partial charge on any atom is -0.457 e. The number of halogens is 1. The molecule has 0 aliphatic carbocycles. The zero-order valence-corrected chi connectivity index (χ0v) is 8.82. The fourth-order valence-corrected chi connectivity index (χ4v) is 1.21. The van der Waals surface area contributed by atoms with Crippen LogP contribution in [0.15, 0.2) is 11.4 Å². The Morgan fingerprint density at radius 2 is 2.14 bits per heavy atom. The summed E-state index contributed by atoms with van der Waals surface area (Å²) < 4.78 is 18.3. The molecule has 1 aliphatic heterocycles. The fourth-order valence-electron chi connectivity index (χ4n) is 1.21. The third-order valence-corrected chi connectivity index (χ3v) is 1.80. The van der Waals surface area contributed by atoms with Crippen molar-refractivity contribution < 1.29 is 13.9 Å². The number of carbonyl (C=O) groups excluding carboxylic acids is 1. The van der Waals surface area contributed by atoms with Gasteiger partial charge in [0.2, 0.25) is 0 Å². The number of hydrogen-bond donors (Lipinski definition) is 1. The quantitative estimate of drug-likeness (QED) is 0.654. The molecule has 0 bridgehead atoms. The maximum atomic E-state index is 13.2. The molecule has 0 amide bonds. The van der Waals surface area contributed by atoms with Gasteiger partial charge in [0.25, 0.3) is 0 Å². The lowest BCUT2D eigenvalue weighted by molar-refractivity contribution is -0.150. The first-order valence-electron chi connectivity index (χ1n) is 4.72. The Hall–Kier alpha value is -0.900. The topological polar surface area (TPSA) is 38.3 Å². The highest BCUT2D eigenvalue weighted by Crippen LogP contribution is 2.18. The second-order valence-corrected chi connectivity index (χ2v) is 4.31. The Morgan fingerprint density at radius 3 is 2.64 bits per heavy atom. The Bertz CT molecular complexity index is 266. The van der Waals surface area contributed by atoms with Crippen LogP contribution in [0.1, 0.15) is 27.2 Å². The molecule has 0 aromatic heterocycles. The van der Waals surface area contributed by atoms with Gasteiger partial charge in [0, 0.05) is 6.54 Å². The SMILES string of the molecule is CC(C)(C)OC(=O)C1=C(F)CNCC1. The van der Waals surface area contributed by atoms with E-state index in [0.717, 1.165) is 0 Å². The molecule has 1 heterocycles. The highest BCUT2D eigenvalue weighted by Gasteiger charge is 2.24. The zero-order chi connectivity index (χ0) is 10.8. The van der Waals surface area contributed by atoms with Crippen molar-refractivity contribution >= 4 is 5.97 Å². The molecule has 0 spiro atoms. The maximum absolute atomic E-state index is 13.2. The van der Waals surface area contributed by atoms with E-state index in [9.17, 15) is 9.18 Å². The Balaban J connectivity index is 2.69. The predicted octanol–water partition coefficient (Wildman–Crippen LogP) is 1.54. The molecule has 4 heteroatoms. The van der Waals surface area contributed by atoms with Crippen LogP contribution in [0.3, 0.4) is 0 Å². The second-order valence-electron chi connectivity index (χ2n) is 4.31. The molecule has 0 saturated heterocycles. The van der Waals surface area contributed by atoms with E-state index in [1.165, 1.54) is 0 Å². The van der Waals surface area contributed by atoms with E-state index in [0.29, 0.717) is 13.0 Å². The number of esters is 1. The molecule has 0 radical (unpaired) electrons. The average Bonchev–Trinajstić information content (AvgIpc) is 2.01. The summed E-state index contributed by atoms with van der Waals surface area (Å²) in [5, 5.41) is 2.84. The highest BCUT2D eigenvalue weighted by molar-refractivity contribution is 5.89. The monoisotopic (exact) mass is 201 g/mol. The maximum Gasteiger partial charge on any atom is 0.337 e. The van der Waals surface area contributed by atoms with Crippen molar-refractivity contribution in [2.45, 2.75) is 32.8 Å². The first kappa shape index (κ1) is 11.2. The van der Waals surface area contributed by atoms with E-state index in [1.807, 2.05) is 0 Å². The molecule has 80 valence electrons. The number of ether oxygens (including phenoxy) is 1. The lowest BCUT2D eigenvalue weighted by atomic mass is 10.1. The van der Waals surface area contributed by atoms with E-state index in [4.69, 9.17) is 4.74 Å². The van der Waals surface area contributed by atoms with Crippen molar-refractivity contribution in [2.24, 2.45) is 0 Å². The summed E-state index contributed by atoms with van der Waals surface area (Å²) in [6, 6.07) is 0. The molecule has 1 N–H and O–H groups in total. The van der Waals surface area contributed by atoms with Gasteiger partial charge in [-0.15, -0.1) is 0 Å². The van der Waals surface area contributed by atoms with Crippen LogP contribution in [0.25, 0.3) is 0 Å². The van der Waals surface area contributed by atoms with E-state index in [2.05, 4.69) is 5.32 Å². The van der Waals surface area contributed by atoms with Crippen LogP contribution in [0.2, 0.25) is 0 Å². The molecule has 14 heavy (non-hydrogen) atoms. The second kappa shape index (κ2) is 4.09. The highest BCUT2D eigenvalue weighted by atomic mass is 19.1. The van der Waals surface area contributed by atoms with Crippen LogP contribution >= 0.6 is 0 Å². The fraction of sp³-hybridized carbons (Fsp3) is 0.700. The van der Waals surface area contributed by atoms with Crippen LogP contribution < -0.4 is 5.32 Å². The molecule has 0 fully saturated rings. The summed E-state index contributed by atoms with van der Waals surface area (Å²) in [5.74, 6) is -0.929. The zero-order valence-electron chi connectivity index (χ0n) is 8.82. The van der Waals surface area contributed by atoms with Crippen LogP contribution in [0.5, 0.6) is 0 Å². The third-order valence-electron chi connectivity index (χ3n) is 1.80. The third kappa shape index (κ3) is 3.10. The van der Waals surface area contributed by atoms with Crippen LogP contribution in [0, 0.1) is 0 Å². The van der Waals surface area contributed by atoms with E-state index in [1.54, 1.807) is 20.8 Å². The first-order chi connectivity index (χ1) is 6.40. The molecule has 1 aliphatic rings. The standard InChI is InChI=1S/C10H16FNO2/c1-10(2,3)14-9(13)7-4-5-12-6-8(7)11/h12H,4-6H2,1-3H3. The smallest absolute Gasteiger partial charge is 0.337 e. The van der Waals surface area contributed by atoms with Gasteiger partial charge in [0.05, 0.1) is 5.57 Å². The van der Waals surface area contributed by atoms with Gasteiger partial charge in [0.15, 0.2) is 0 Å². The predicted molar refractivity (Wildman–Crippen MR) is 51.5 cm³/mol. The minimum absolute atomic E-state index is 0.134. The van der Waals surface area contributed by atoms with Crippen LogP contribution in [0.4, 0.5) is 4.39 Å². The summed E-state index contributed by atoms with van der Waals surface area (Å²) in [7, 11) is 0. The summed E-state index contributed by atoms with van der Waals surface area (Å²) in [6.07, 6.45) is 0.404. The molecule has 1 rings (SSSR count). The van der Waals surface area contributed by atoms with Crippen molar-refractivity contribution in [3.63, 3.8) is 0 Å². The van der Waals surface area contributed by atoms with E-state index >= 15 is 0 Å². The van der Waals surface area contributed by atoms with Gasteiger partial charge in [0.1, 0.15) is 11.4 Å². The summed E-state index contributed by atoms with van der Waals surface area (Å²) in [4.78, 5) is 11.5. The van der Waals surface area contributed by atoms with Crippen molar-refractivity contribution in [3.8, 4) is 0 Å². The summed E-state index contributed by atoms with van der Waals surface area (Å²) >= 11 is 0. The molecular weight excluding hydrogens is 185 g/mol. The number of carbonyl (C=O) groups is 1. The van der Waals surface area contributed by atoms with Crippen molar-refractivity contribution in [2.75, 3.05) is 13.1 Å². The lowest BCUT2D eigenvalue weighted by Crippen LogP contribution is -2.30. The van der Waals surface area contributed by atoms with Gasteiger partial charge in [-0.3, -0.25) is 0 Å². The Labute approximate surface area is 83.3 Å². The van der Waals surface area contributed by atoms with Crippen LogP contribution in [-0.2, 0) is 9.53 Å². The van der Waals surface area contributed by atoms with Crippen molar-refractivity contribution in [1.82, 2.24) is 5.32 Å². The minimum atomic E-state index is -0.560. The lowest BCUT2D eigenvalue weighted by Gasteiger charge is -2.22. The van der Waals surface area contributed by atoms with Gasteiger partial charge in [-0.2, -0.15) is 0 Å². The molecule has 0 unspecified atom stereocenters. The van der Waals surface area contributed by atoms with Crippen molar-refractivity contribution in [3.05, 3.63) is 11.4 Å². The van der Waals surface area contributed by atoms with E-state index in [-0.39, 0.29) is 12.1 Å². The molecular formula is C10H16FNO2. The average molecular weight is 201 g/mol. The molecule has 0 saturated carbocycles. The molecule has 0 atom stereocenters. The van der Waals surface area contributed by atoms with Crippen molar-refractivity contribution in [1.29, 1.82) is 0 Å². The molecule has 3 nitrogen and oxygen atoms in total. The van der Waals surface area contributed by atoms with Gasteiger partial charge >= 0.3 is 5.97 Å². The summed E-state index contributed by atoms with van der Waals surface area (Å²) in [5.41, 5.74) is -0.381.